The normalized spacial score (nSPS) is 22.6. The molecule has 0 bridgehead atoms. The molecule has 4 unspecified atom stereocenters. The lowest BCUT2D eigenvalue weighted by molar-refractivity contribution is -0.129. The topological polar surface area (TPSA) is 84.3 Å². The lowest BCUT2D eigenvalue weighted by atomic mass is 9.84. The Morgan fingerprint density at radius 2 is 1.98 bits per heavy atom. The Kier molecular flexibility index (Phi) is 8.14. The predicted molar refractivity (Wildman–Crippen MR) is 152 cm³/mol. The van der Waals surface area contributed by atoms with Crippen molar-refractivity contribution in [2.45, 2.75) is 46.2 Å². The zero-order chi connectivity index (χ0) is 28.6. The second-order valence-corrected chi connectivity index (χ2v) is 11.2. The highest BCUT2D eigenvalue weighted by atomic mass is 19.1. The van der Waals surface area contributed by atoms with E-state index in [9.17, 15) is 9.59 Å². The Labute approximate surface area is 234 Å². The van der Waals surface area contributed by atoms with Crippen LogP contribution in [0.4, 0.5) is 4.39 Å². The summed E-state index contributed by atoms with van der Waals surface area (Å²) in [5, 5.41) is 6.04. The molecule has 0 aliphatic carbocycles. The first kappa shape index (κ1) is 28.1. The molecular weight excluding hydrogens is 511 g/mol. The molecule has 4 heterocycles. The van der Waals surface area contributed by atoms with Crippen molar-refractivity contribution in [2.24, 2.45) is 11.8 Å². The van der Waals surface area contributed by atoms with Crippen LogP contribution in [-0.4, -0.2) is 67.1 Å². The zero-order valence-corrected chi connectivity index (χ0v) is 23.9. The quantitative estimate of drug-likeness (QED) is 0.457. The molecule has 2 amide bonds. The minimum absolute atomic E-state index is 0.00857. The van der Waals surface area contributed by atoms with Gasteiger partial charge in [0, 0.05) is 71.9 Å². The maximum absolute atomic E-state index is 15.0. The van der Waals surface area contributed by atoms with Crippen LogP contribution in [0.1, 0.15) is 54.8 Å². The number of ether oxygens (including phenoxy) is 2. The van der Waals surface area contributed by atoms with Crippen molar-refractivity contribution in [2.75, 3.05) is 40.0 Å². The summed E-state index contributed by atoms with van der Waals surface area (Å²) in [5.41, 5.74) is 4.37. The maximum atomic E-state index is 15.0. The van der Waals surface area contributed by atoms with Gasteiger partial charge in [-0.25, -0.2) is 4.39 Å². The highest BCUT2D eigenvalue weighted by Crippen LogP contribution is 2.34. The average molecular weight is 551 g/mol. The van der Waals surface area contributed by atoms with E-state index in [-0.39, 0.29) is 48.1 Å². The van der Waals surface area contributed by atoms with Gasteiger partial charge < -0.3 is 24.5 Å². The number of carbonyl (C=O) groups excluding carboxylic acids is 2. The Morgan fingerprint density at radius 1 is 1.23 bits per heavy atom. The van der Waals surface area contributed by atoms with Crippen LogP contribution in [0.5, 0.6) is 5.75 Å². The second-order valence-electron chi connectivity index (χ2n) is 11.2. The van der Waals surface area contributed by atoms with Crippen molar-refractivity contribution in [1.29, 1.82) is 0 Å². The van der Waals surface area contributed by atoms with Gasteiger partial charge in [-0.1, -0.05) is 6.92 Å². The van der Waals surface area contributed by atoms with Gasteiger partial charge >= 0.3 is 0 Å². The number of hydrogen-bond acceptors (Lipinski definition) is 5. The van der Waals surface area contributed by atoms with Gasteiger partial charge in [-0.15, -0.1) is 0 Å². The molecule has 9 heteroatoms. The van der Waals surface area contributed by atoms with Gasteiger partial charge in [-0.3, -0.25) is 14.5 Å². The first-order chi connectivity index (χ1) is 19.2. The summed E-state index contributed by atoms with van der Waals surface area (Å²) in [7, 11) is 1.51. The molecule has 214 valence electrons. The maximum Gasteiger partial charge on any atom is 0.251 e. The number of morpholine rings is 1. The van der Waals surface area contributed by atoms with Crippen LogP contribution in [0.3, 0.4) is 0 Å². The SMILES string of the molecule is COc1ccc(-c2cc3cc(C(=O)NCC4C(=O)NC(C)CC4C)c(C)c(C(C)N4CCOCC4)n3c2)c(F)c1. The van der Waals surface area contributed by atoms with Gasteiger partial charge in [-0.05, 0) is 62.9 Å². The molecule has 2 aromatic heterocycles. The standard InChI is InChI=1S/C31H39FN4O4/c1-18-12-19(2)34-31(38)27(18)16-33-30(37)26-14-23-13-22(25-7-6-24(39-5)15-28(25)32)17-36(23)29(20(26)3)21(4)35-8-10-40-11-9-35/h6-7,13-15,17-19,21,27H,8-12,16H2,1-5H3,(H,33,37)(H,34,38). The minimum Gasteiger partial charge on any atom is -0.497 e. The van der Waals surface area contributed by atoms with Crippen molar-refractivity contribution < 1.29 is 23.5 Å². The number of rotatable bonds is 7. The summed E-state index contributed by atoms with van der Waals surface area (Å²) >= 11 is 0. The molecular formula is C31H39FN4O4. The smallest absolute Gasteiger partial charge is 0.251 e. The van der Waals surface area contributed by atoms with Crippen LogP contribution >= 0.6 is 0 Å². The number of fused-ring (bicyclic) bond motifs is 1. The third-order valence-electron chi connectivity index (χ3n) is 8.53. The number of amides is 2. The lowest BCUT2D eigenvalue weighted by Gasteiger charge is -2.34. The molecule has 8 nitrogen and oxygen atoms in total. The van der Waals surface area contributed by atoms with E-state index < -0.39 is 0 Å². The van der Waals surface area contributed by atoms with Gasteiger partial charge in [-0.2, -0.15) is 0 Å². The number of nitrogens with one attached hydrogen (secondary N) is 2. The fourth-order valence-corrected chi connectivity index (χ4v) is 6.25. The van der Waals surface area contributed by atoms with E-state index >= 15 is 4.39 Å². The molecule has 5 rings (SSSR count). The molecule has 3 aromatic rings. The van der Waals surface area contributed by atoms with Gasteiger partial charge in [0.25, 0.3) is 5.91 Å². The average Bonchev–Trinajstić information content (AvgIpc) is 3.35. The Hall–Kier alpha value is -3.43. The first-order valence-corrected chi connectivity index (χ1v) is 14.1. The van der Waals surface area contributed by atoms with E-state index in [4.69, 9.17) is 9.47 Å². The monoisotopic (exact) mass is 550 g/mol. The van der Waals surface area contributed by atoms with Crippen LogP contribution in [0.2, 0.25) is 0 Å². The number of benzene rings is 1. The largest absolute Gasteiger partial charge is 0.497 e. The predicted octanol–water partition coefficient (Wildman–Crippen LogP) is 4.35. The Morgan fingerprint density at radius 3 is 2.65 bits per heavy atom. The Balaban J connectivity index is 1.53. The van der Waals surface area contributed by atoms with Crippen molar-refractivity contribution in [3.63, 3.8) is 0 Å². The summed E-state index contributed by atoms with van der Waals surface area (Å²) in [6, 6.07) is 8.74. The molecule has 2 aliphatic heterocycles. The summed E-state index contributed by atoms with van der Waals surface area (Å²) < 4.78 is 27.9. The minimum atomic E-state index is -0.373. The van der Waals surface area contributed by atoms with Crippen molar-refractivity contribution >= 4 is 17.3 Å². The molecule has 40 heavy (non-hydrogen) atoms. The summed E-state index contributed by atoms with van der Waals surface area (Å²) in [6.07, 6.45) is 2.82. The lowest BCUT2D eigenvalue weighted by Crippen LogP contribution is -2.50. The molecule has 0 radical (unpaired) electrons. The molecule has 2 N–H and O–H groups in total. The molecule has 0 spiro atoms. The molecule has 1 aromatic carbocycles. The highest BCUT2D eigenvalue weighted by molar-refractivity contribution is 5.97. The molecule has 2 saturated heterocycles. The van der Waals surface area contributed by atoms with Gasteiger partial charge in [0.05, 0.1) is 26.2 Å². The summed E-state index contributed by atoms with van der Waals surface area (Å²) in [6.45, 7) is 11.3. The van der Waals surface area contributed by atoms with Gasteiger partial charge in [0.2, 0.25) is 5.91 Å². The zero-order valence-electron chi connectivity index (χ0n) is 23.9. The van der Waals surface area contributed by atoms with Crippen LogP contribution in [0.15, 0.2) is 36.5 Å². The van der Waals surface area contributed by atoms with E-state index in [2.05, 4.69) is 33.8 Å². The van der Waals surface area contributed by atoms with E-state index in [0.717, 1.165) is 41.8 Å². The number of piperidine rings is 1. The third kappa shape index (κ3) is 5.45. The van der Waals surface area contributed by atoms with E-state index in [0.29, 0.717) is 30.1 Å². The van der Waals surface area contributed by atoms with E-state index in [1.165, 1.54) is 13.2 Å². The second kappa shape index (κ2) is 11.6. The highest BCUT2D eigenvalue weighted by Gasteiger charge is 2.33. The van der Waals surface area contributed by atoms with Gasteiger partial charge in [0.15, 0.2) is 0 Å². The Bertz CT molecular complexity index is 1410. The number of aromatic nitrogens is 1. The van der Waals surface area contributed by atoms with Crippen molar-refractivity contribution in [1.82, 2.24) is 19.9 Å². The third-order valence-corrected chi connectivity index (χ3v) is 8.53. The van der Waals surface area contributed by atoms with Crippen LogP contribution < -0.4 is 15.4 Å². The van der Waals surface area contributed by atoms with Crippen molar-refractivity contribution in [3.05, 3.63) is 59.2 Å². The summed E-state index contributed by atoms with van der Waals surface area (Å²) in [4.78, 5) is 28.6. The van der Waals surface area contributed by atoms with Gasteiger partial charge in [0.1, 0.15) is 11.6 Å². The number of halogens is 1. The number of pyridine rings is 1. The number of methoxy groups -OCH3 is 1. The molecule has 2 fully saturated rings. The van der Waals surface area contributed by atoms with Crippen molar-refractivity contribution in [3.8, 4) is 16.9 Å². The fraction of sp³-hybridized carbons (Fsp3) is 0.484. The number of nitrogens with zero attached hydrogens (tertiary/aromatic N) is 2. The fourth-order valence-electron chi connectivity index (χ4n) is 6.25. The number of carbonyl (C=O) groups is 2. The summed E-state index contributed by atoms with van der Waals surface area (Å²) in [5.74, 6) is -0.240. The van der Waals surface area contributed by atoms with E-state index in [1.54, 1.807) is 12.1 Å². The number of hydrogen-bond donors (Lipinski definition) is 2. The van der Waals surface area contributed by atoms with Crippen LogP contribution in [0, 0.1) is 24.6 Å². The molecule has 2 aliphatic rings. The molecule has 4 atom stereocenters. The molecule has 0 saturated carbocycles. The first-order valence-electron chi connectivity index (χ1n) is 14.1. The van der Waals surface area contributed by atoms with Crippen LogP contribution in [0.25, 0.3) is 16.6 Å². The van der Waals surface area contributed by atoms with Crippen LogP contribution in [-0.2, 0) is 9.53 Å². The van der Waals surface area contributed by atoms with E-state index in [1.807, 2.05) is 32.2 Å².